The second-order valence-electron chi connectivity index (χ2n) is 6.35. The minimum absolute atomic E-state index is 0.174. The second-order valence-corrected chi connectivity index (χ2v) is 6.35. The minimum Gasteiger partial charge on any atom is -0.444 e. The van der Waals surface area contributed by atoms with Crippen LogP contribution in [0.2, 0.25) is 0 Å². The standard InChI is InChI=1S/C16H26N2O2/c1-11(2)14(18-15(19)20-16(3,4)5)13(17)12-9-7-6-8-10-12/h6-11,13-14H,17H2,1-5H3,(H,18,19)/t13-,14+/m0/s1. The summed E-state index contributed by atoms with van der Waals surface area (Å²) in [6.07, 6.45) is -0.428. The number of hydrogen-bond acceptors (Lipinski definition) is 3. The average Bonchev–Trinajstić information content (AvgIpc) is 2.34. The molecule has 4 nitrogen and oxygen atoms in total. The van der Waals surface area contributed by atoms with Gasteiger partial charge in [0.2, 0.25) is 0 Å². The molecule has 0 fully saturated rings. The first-order valence-corrected chi connectivity index (χ1v) is 7.01. The first kappa shape index (κ1) is 16.5. The van der Waals surface area contributed by atoms with Gasteiger partial charge in [0.25, 0.3) is 0 Å². The first-order valence-electron chi connectivity index (χ1n) is 7.01. The highest BCUT2D eigenvalue weighted by Gasteiger charge is 2.26. The topological polar surface area (TPSA) is 64.3 Å². The zero-order valence-corrected chi connectivity index (χ0v) is 13.0. The van der Waals surface area contributed by atoms with Crippen LogP contribution >= 0.6 is 0 Å². The average molecular weight is 278 g/mol. The third-order valence-corrected chi connectivity index (χ3v) is 2.97. The Kier molecular flexibility index (Phi) is 5.57. The van der Waals surface area contributed by atoms with Gasteiger partial charge in [-0.05, 0) is 32.3 Å². The molecule has 0 unspecified atom stereocenters. The summed E-state index contributed by atoms with van der Waals surface area (Å²) in [6, 6.07) is 9.34. The fourth-order valence-corrected chi connectivity index (χ4v) is 2.00. The van der Waals surface area contributed by atoms with Gasteiger partial charge in [-0.15, -0.1) is 0 Å². The van der Waals surface area contributed by atoms with Crippen molar-refractivity contribution in [3.63, 3.8) is 0 Å². The molecular weight excluding hydrogens is 252 g/mol. The van der Waals surface area contributed by atoms with Crippen LogP contribution < -0.4 is 11.1 Å². The number of hydrogen-bond donors (Lipinski definition) is 2. The molecule has 2 atom stereocenters. The van der Waals surface area contributed by atoms with Crippen molar-refractivity contribution in [2.75, 3.05) is 0 Å². The van der Waals surface area contributed by atoms with E-state index >= 15 is 0 Å². The lowest BCUT2D eigenvalue weighted by Gasteiger charge is -2.30. The highest BCUT2D eigenvalue weighted by Crippen LogP contribution is 2.20. The summed E-state index contributed by atoms with van der Waals surface area (Å²) in [7, 11) is 0. The zero-order valence-electron chi connectivity index (χ0n) is 13.0. The van der Waals surface area contributed by atoms with Crippen molar-refractivity contribution in [1.29, 1.82) is 0 Å². The molecule has 0 aromatic heterocycles. The summed E-state index contributed by atoms with van der Waals surface area (Å²) in [4.78, 5) is 11.9. The molecule has 0 spiro atoms. The molecule has 4 heteroatoms. The molecule has 1 amide bonds. The van der Waals surface area contributed by atoms with Crippen molar-refractivity contribution in [2.45, 2.75) is 52.3 Å². The lowest BCUT2D eigenvalue weighted by Crippen LogP contribution is -2.47. The Hall–Kier alpha value is -1.55. The van der Waals surface area contributed by atoms with E-state index in [0.29, 0.717) is 0 Å². The van der Waals surface area contributed by atoms with E-state index in [9.17, 15) is 4.79 Å². The SMILES string of the molecule is CC(C)[C@@H](NC(=O)OC(C)(C)C)[C@@H](N)c1ccccc1. The quantitative estimate of drug-likeness (QED) is 0.888. The maximum atomic E-state index is 11.9. The molecule has 1 aromatic carbocycles. The van der Waals surface area contributed by atoms with Crippen LogP contribution in [-0.2, 0) is 4.74 Å². The third-order valence-electron chi connectivity index (χ3n) is 2.97. The highest BCUT2D eigenvalue weighted by molar-refractivity contribution is 5.68. The van der Waals surface area contributed by atoms with Crippen LogP contribution in [-0.4, -0.2) is 17.7 Å². The number of alkyl carbamates (subject to hydrolysis) is 1. The Morgan fingerprint density at radius 1 is 1.20 bits per heavy atom. The van der Waals surface area contributed by atoms with Crippen LogP contribution in [0, 0.1) is 5.92 Å². The van der Waals surface area contributed by atoms with Gasteiger partial charge in [-0.1, -0.05) is 44.2 Å². The molecule has 0 aliphatic rings. The maximum Gasteiger partial charge on any atom is 0.407 e. The highest BCUT2D eigenvalue weighted by atomic mass is 16.6. The Morgan fingerprint density at radius 2 is 1.75 bits per heavy atom. The molecule has 0 saturated heterocycles. The summed E-state index contributed by atoms with van der Waals surface area (Å²) in [5.41, 5.74) is 6.77. The van der Waals surface area contributed by atoms with Crippen molar-refractivity contribution in [3.8, 4) is 0 Å². The van der Waals surface area contributed by atoms with Gasteiger partial charge in [0.05, 0.1) is 12.1 Å². The van der Waals surface area contributed by atoms with Crippen molar-refractivity contribution in [2.24, 2.45) is 11.7 Å². The molecule has 0 aliphatic heterocycles. The van der Waals surface area contributed by atoms with Crippen LogP contribution in [0.1, 0.15) is 46.2 Å². The summed E-state index contributed by atoms with van der Waals surface area (Å²) in [5, 5.41) is 2.89. The first-order chi connectivity index (χ1) is 9.20. The predicted molar refractivity (Wildman–Crippen MR) is 81.4 cm³/mol. The van der Waals surface area contributed by atoms with E-state index in [0.717, 1.165) is 5.56 Å². The van der Waals surface area contributed by atoms with E-state index < -0.39 is 11.7 Å². The molecule has 112 valence electrons. The Bertz CT molecular complexity index is 424. The number of amides is 1. The number of ether oxygens (including phenoxy) is 1. The van der Waals surface area contributed by atoms with E-state index in [4.69, 9.17) is 10.5 Å². The van der Waals surface area contributed by atoms with Gasteiger partial charge in [0, 0.05) is 0 Å². The van der Waals surface area contributed by atoms with Gasteiger partial charge >= 0.3 is 6.09 Å². The monoisotopic (exact) mass is 278 g/mol. The molecule has 20 heavy (non-hydrogen) atoms. The van der Waals surface area contributed by atoms with Crippen molar-refractivity contribution in [3.05, 3.63) is 35.9 Å². The summed E-state index contributed by atoms with van der Waals surface area (Å²) >= 11 is 0. The van der Waals surface area contributed by atoms with Crippen LogP contribution in [0.5, 0.6) is 0 Å². The number of nitrogens with two attached hydrogens (primary N) is 1. The second kappa shape index (κ2) is 6.75. The molecule has 3 N–H and O–H groups in total. The van der Waals surface area contributed by atoms with Crippen LogP contribution in [0.4, 0.5) is 4.79 Å². The number of nitrogens with one attached hydrogen (secondary N) is 1. The zero-order chi connectivity index (χ0) is 15.3. The van der Waals surface area contributed by atoms with Crippen LogP contribution in [0.25, 0.3) is 0 Å². The Balaban J connectivity index is 2.77. The van der Waals surface area contributed by atoms with Crippen LogP contribution in [0.3, 0.4) is 0 Å². The molecule has 0 bridgehead atoms. The normalized spacial score (nSPS) is 14.8. The van der Waals surface area contributed by atoms with E-state index in [2.05, 4.69) is 5.32 Å². The van der Waals surface area contributed by atoms with E-state index in [1.807, 2.05) is 65.0 Å². The van der Waals surface area contributed by atoms with Crippen molar-refractivity contribution < 1.29 is 9.53 Å². The van der Waals surface area contributed by atoms with E-state index in [1.165, 1.54) is 0 Å². The summed E-state index contributed by atoms with van der Waals surface area (Å²) < 4.78 is 5.30. The van der Waals surface area contributed by atoms with Gasteiger partial charge < -0.3 is 15.8 Å². The smallest absolute Gasteiger partial charge is 0.407 e. The van der Waals surface area contributed by atoms with Gasteiger partial charge in [-0.2, -0.15) is 0 Å². The molecule has 0 heterocycles. The van der Waals surface area contributed by atoms with Gasteiger partial charge in [-0.25, -0.2) is 4.79 Å². The Labute approximate surface area is 121 Å². The predicted octanol–water partition coefficient (Wildman–Crippen LogP) is 3.24. The molecule has 0 radical (unpaired) electrons. The molecule has 1 aromatic rings. The fraction of sp³-hybridized carbons (Fsp3) is 0.562. The Morgan fingerprint density at radius 3 is 2.20 bits per heavy atom. The lowest BCUT2D eigenvalue weighted by atomic mass is 9.92. The molecular formula is C16H26N2O2. The molecule has 0 aliphatic carbocycles. The summed E-state index contributed by atoms with van der Waals surface area (Å²) in [5.74, 6) is 0.206. The van der Waals surface area contributed by atoms with Crippen molar-refractivity contribution >= 4 is 6.09 Å². The van der Waals surface area contributed by atoms with Crippen molar-refractivity contribution in [1.82, 2.24) is 5.32 Å². The maximum absolute atomic E-state index is 11.9. The minimum atomic E-state index is -0.511. The van der Waals surface area contributed by atoms with Gasteiger partial charge in [0.1, 0.15) is 5.60 Å². The van der Waals surface area contributed by atoms with E-state index in [-0.39, 0.29) is 18.0 Å². The fourth-order valence-electron chi connectivity index (χ4n) is 2.00. The van der Waals surface area contributed by atoms with Gasteiger partial charge in [-0.3, -0.25) is 0 Å². The molecule has 0 saturated carbocycles. The lowest BCUT2D eigenvalue weighted by molar-refractivity contribution is 0.0480. The summed E-state index contributed by atoms with van der Waals surface area (Å²) in [6.45, 7) is 9.59. The number of carbonyl (C=O) groups excluding carboxylic acids is 1. The third kappa shape index (κ3) is 5.21. The largest absolute Gasteiger partial charge is 0.444 e. The van der Waals surface area contributed by atoms with E-state index in [1.54, 1.807) is 0 Å². The number of carbonyl (C=O) groups is 1. The molecule has 1 rings (SSSR count). The van der Waals surface area contributed by atoms with Crippen LogP contribution in [0.15, 0.2) is 30.3 Å². The number of benzene rings is 1. The number of rotatable bonds is 4. The van der Waals surface area contributed by atoms with Gasteiger partial charge in [0.15, 0.2) is 0 Å².